The maximum absolute atomic E-state index is 10.8. The van der Waals surface area contributed by atoms with Gasteiger partial charge in [-0.25, -0.2) is 4.98 Å². The molecule has 30 heavy (non-hydrogen) atoms. The Morgan fingerprint density at radius 1 is 1.37 bits per heavy atom. The minimum atomic E-state index is -4.64. The SMILES string of the molecule is CC(=O)C(F)(F)F.CC(C)n1nc(-c2cc(C3(O)COC3)on2)c2c(N)nccc21. The number of pyridine rings is 1. The lowest BCUT2D eigenvalue weighted by atomic mass is 9.98. The summed E-state index contributed by atoms with van der Waals surface area (Å²) in [5.74, 6) is -0.999. The summed E-state index contributed by atoms with van der Waals surface area (Å²) in [7, 11) is 0. The van der Waals surface area contributed by atoms with E-state index in [9.17, 15) is 23.1 Å². The van der Waals surface area contributed by atoms with E-state index in [0.717, 1.165) is 10.9 Å². The zero-order valence-electron chi connectivity index (χ0n) is 16.4. The van der Waals surface area contributed by atoms with Crippen LogP contribution in [0.15, 0.2) is 22.9 Å². The van der Waals surface area contributed by atoms with Crippen LogP contribution in [0.25, 0.3) is 22.3 Å². The van der Waals surface area contributed by atoms with E-state index in [0.29, 0.717) is 29.9 Å². The first-order valence-corrected chi connectivity index (χ1v) is 8.92. The zero-order chi connectivity index (χ0) is 22.3. The minimum absolute atomic E-state index is 0.156. The van der Waals surface area contributed by atoms with E-state index in [-0.39, 0.29) is 19.3 Å². The highest BCUT2D eigenvalue weighted by atomic mass is 19.4. The van der Waals surface area contributed by atoms with Crippen LogP contribution < -0.4 is 5.73 Å². The molecular weight excluding hydrogens is 407 g/mol. The fourth-order valence-electron chi connectivity index (χ4n) is 2.73. The molecule has 9 nitrogen and oxygen atoms in total. The number of hydrogen-bond acceptors (Lipinski definition) is 8. The second-order valence-electron chi connectivity index (χ2n) is 7.13. The summed E-state index contributed by atoms with van der Waals surface area (Å²) in [6.45, 7) is 4.96. The topological polar surface area (TPSA) is 129 Å². The van der Waals surface area contributed by atoms with Crippen molar-refractivity contribution in [3.05, 3.63) is 24.1 Å². The number of nitrogens with zero attached hydrogens (tertiary/aromatic N) is 4. The van der Waals surface area contributed by atoms with Crippen molar-refractivity contribution in [1.29, 1.82) is 0 Å². The van der Waals surface area contributed by atoms with E-state index in [1.165, 1.54) is 0 Å². The molecule has 3 aromatic rings. The number of hydrogen-bond donors (Lipinski definition) is 2. The molecule has 4 rings (SSSR count). The van der Waals surface area contributed by atoms with Gasteiger partial charge in [-0.05, 0) is 19.9 Å². The van der Waals surface area contributed by atoms with Gasteiger partial charge in [0, 0.05) is 25.2 Å². The number of Topliss-reactive ketones (excluding diaryl/α,β-unsaturated/α-hetero) is 1. The fourth-order valence-corrected chi connectivity index (χ4v) is 2.73. The first-order valence-electron chi connectivity index (χ1n) is 8.92. The number of alkyl halides is 3. The number of aliphatic hydroxyl groups is 1. The summed E-state index contributed by atoms with van der Waals surface area (Å²) in [6, 6.07) is 3.71. The summed E-state index contributed by atoms with van der Waals surface area (Å²) in [5.41, 5.74) is 6.94. The molecule has 12 heteroatoms. The van der Waals surface area contributed by atoms with Crippen molar-refractivity contribution in [1.82, 2.24) is 19.9 Å². The largest absolute Gasteiger partial charge is 0.449 e. The van der Waals surface area contributed by atoms with Crippen LogP contribution in [0, 0.1) is 0 Å². The van der Waals surface area contributed by atoms with Gasteiger partial charge in [-0.2, -0.15) is 18.3 Å². The smallest absolute Gasteiger partial charge is 0.383 e. The van der Waals surface area contributed by atoms with E-state index < -0.39 is 17.6 Å². The van der Waals surface area contributed by atoms with Gasteiger partial charge in [0.2, 0.25) is 5.78 Å². The van der Waals surface area contributed by atoms with E-state index >= 15 is 0 Å². The molecule has 3 N–H and O–H groups in total. The van der Waals surface area contributed by atoms with E-state index in [1.54, 1.807) is 12.3 Å². The van der Waals surface area contributed by atoms with Gasteiger partial charge in [0.15, 0.2) is 11.4 Å². The molecule has 1 saturated heterocycles. The Morgan fingerprint density at radius 2 is 2.00 bits per heavy atom. The molecule has 0 bridgehead atoms. The standard InChI is InChI=1S/C15H17N5O3.C3H3F3O/c1-8(2)20-10-3-4-17-14(16)12(10)13(18-20)9-5-11(23-19-9)15(21)6-22-7-15;1-2(7)3(4,5)6/h3-5,8,21H,6-7H2,1-2H3,(H2,16,17);1H3. The lowest BCUT2D eigenvalue weighted by Crippen LogP contribution is -2.46. The lowest BCUT2D eigenvalue weighted by Gasteiger charge is -2.33. The summed E-state index contributed by atoms with van der Waals surface area (Å²) >= 11 is 0. The van der Waals surface area contributed by atoms with Crippen molar-refractivity contribution < 1.29 is 32.3 Å². The number of aromatic nitrogens is 4. The third-order valence-corrected chi connectivity index (χ3v) is 4.43. The van der Waals surface area contributed by atoms with Gasteiger partial charge in [-0.3, -0.25) is 9.48 Å². The predicted octanol–water partition coefficient (Wildman–Crippen LogP) is 2.60. The second-order valence-corrected chi connectivity index (χ2v) is 7.13. The quantitative estimate of drug-likeness (QED) is 0.653. The molecule has 0 saturated carbocycles. The molecule has 0 unspecified atom stereocenters. The van der Waals surface area contributed by atoms with E-state index in [4.69, 9.17) is 15.0 Å². The van der Waals surface area contributed by atoms with Gasteiger partial charge in [-0.1, -0.05) is 5.16 Å². The maximum Gasteiger partial charge on any atom is 0.449 e. The van der Waals surface area contributed by atoms with Crippen LogP contribution in [-0.4, -0.2) is 50.2 Å². The molecule has 0 aliphatic carbocycles. The Bertz CT molecular complexity index is 1070. The van der Waals surface area contributed by atoms with Crippen molar-refractivity contribution in [2.24, 2.45) is 0 Å². The molecule has 0 spiro atoms. The van der Waals surface area contributed by atoms with Crippen LogP contribution in [0.4, 0.5) is 19.0 Å². The van der Waals surface area contributed by atoms with E-state index in [1.807, 2.05) is 24.6 Å². The van der Waals surface area contributed by atoms with Crippen LogP contribution >= 0.6 is 0 Å². The Hall–Kier alpha value is -2.99. The van der Waals surface area contributed by atoms with Crippen molar-refractivity contribution in [3.8, 4) is 11.4 Å². The Morgan fingerprint density at radius 3 is 2.50 bits per heavy atom. The highest BCUT2D eigenvalue weighted by molar-refractivity contribution is 5.99. The Labute approximate surface area is 168 Å². The van der Waals surface area contributed by atoms with Gasteiger partial charge in [0.05, 0.1) is 24.1 Å². The van der Waals surface area contributed by atoms with Crippen molar-refractivity contribution in [2.45, 2.75) is 38.6 Å². The zero-order valence-corrected chi connectivity index (χ0v) is 16.4. The molecule has 4 heterocycles. The molecule has 0 amide bonds. The second kappa shape index (κ2) is 7.69. The molecule has 0 aromatic carbocycles. The summed E-state index contributed by atoms with van der Waals surface area (Å²) in [5, 5.41) is 19.7. The maximum atomic E-state index is 10.8. The highest BCUT2D eigenvalue weighted by Gasteiger charge is 2.42. The highest BCUT2D eigenvalue weighted by Crippen LogP contribution is 2.35. The number of nitrogen functional groups attached to an aromatic ring is 1. The van der Waals surface area contributed by atoms with Gasteiger partial charge in [0.1, 0.15) is 17.2 Å². The summed E-state index contributed by atoms with van der Waals surface area (Å²) < 4.78 is 44.7. The van der Waals surface area contributed by atoms with Crippen LogP contribution in [0.5, 0.6) is 0 Å². The van der Waals surface area contributed by atoms with Gasteiger partial charge < -0.3 is 20.1 Å². The Kier molecular flexibility index (Phi) is 5.56. The molecule has 0 radical (unpaired) electrons. The number of carbonyl (C=O) groups is 1. The van der Waals surface area contributed by atoms with Crippen molar-refractivity contribution in [2.75, 3.05) is 18.9 Å². The fraction of sp³-hybridized carbons (Fsp3) is 0.444. The molecule has 1 aliphatic heterocycles. The monoisotopic (exact) mass is 427 g/mol. The van der Waals surface area contributed by atoms with Gasteiger partial charge in [0.25, 0.3) is 0 Å². The van der Waals surface area contributed by atoms with Crippen molar-refractivity contribution in [3.63, 3.8) is 0 Å². The molecule has 1 aliphatic rings. The molecule has 162 valence electrons. The number of fused-ring (bicyclic) bond motifs is 1. The molecule has 1 fully saturated rings. The number of anilines is 1. The first-order chi connectivity index (χ1) is 13.9. The predicted molar refractivity (Wildman–Crippen MR) is 99.3 cm³/mol. The van der Waals surface area contributed by atoms with E-state index in [2.05, 4.69) is 15.2 Å². The Balaban J connectivity index is 0.000000318. The minimum Gasteiger partial charge on any atom is -0.383 e. The van der Waals surface area contributed by atoms with Crippen LogP contribution in [0.1, 0.15) is 32.6 Å². The van der Waals surface area contributed by atoms with Crippen LogP contribution in [0.3, 0.4) is 0 Å². The normalized spacial score (nSPS) is 15.6. The van der Waals surface area contributed by atoms with Crippen LogP contribution in [-0.2, 0) is 15.1 Å². The lowest BCUT2D eigenvalue weighted by molar-refractivity contribution is -0.195. The summed E-state index contributed by atoms with van der Waals surface area (Å²) in [4.78, 5) is 13.5. The van der Waals surface area contributed by atoms with Crippen LogP contribution in [0.2, 0.25) is 0 Å². The number of carbonyl (C=O) groups excluding carboxylic acids is 1. The number of rotatable bonds is 3. The number of nitrogens with two attached hydrogens (primary N) is 1. The molecule has 0 atom stereocenters. The van der Waals surface area contributed by atoms with Gasteiger partial charge in [-0.15, -0.1) is 0 Å². The summed E-state index contributed by atoms with van der Waals surface area (Å²) in [6.07, 6.45) is -2.98. The molecular formula is C18H20F3N5O4. The van der Waals surface area contributed by atoms with Gasteiger partial charge >= 0.3 is 6.18 Å². The number of ether oxygens (including phenoxy) is 1. The first kappa shape index (κ1) is 21.7. The molecule has 3 aromatic heterocycles. The third-order valence-electron chi connectivity index (χ3n) is 4.43. The number of halogens is 3. The average Bonchev–Trinajstić information content (AvgIpc) is 3.25. The number of ketones is 1. The third kappa shape index (κ3) is 4.00. The average molecular weight is 427 g/mol. The van der Waals surface area contributed by atoms with Crippen molar-refractivity contribution >= 4 is 22.5 Å².